The van der Waals surface area contributed by atoms with Crippen LogP contribution in [0.5, 0.6) is 0 Å². The molecular formula is C19H15NO2S. The van der Waals surface area contributed by atoms with E-state index in [9.17, 15) is 8.42 Å². The van der Waals surface area contributed by atoms with E-state index in [1.807, 2.05) is 54.6 Å². The normalized spacial score (nSPS) is 14.0. The molecule has 0 radical (unpaired) electrons. The Kier molecular flexibility index (Phi) is 3.20. The van der Waals surface area contributed by atoms with Crippen molar-refractivity contribution in [2.75, 3.05) is 10.8 Å². The molecule has 0 amide bonds. The van der Waals surface area contributed by atoms with Gasteiger partial charge in [0.05, 0.1) is 17.1 Å². The van der Waals surface area contributed by atoms with E-state index in [1.165, 1.54) is 4.31 Å². The third-order valence-corrected chi connectivity index (χ3v) is 5.86. The first-order valence-electron chi connectivity index (χ1n) is 7.44. The van der Waals surface area contributed by atoms with Crippen LogP contribution in [0.1, 0.15) is 5.56 Å². The largest absolute Gasteiger partial charge is 0.264 e. The van der Waals surface area contributed by atoms with Crippen molar-refractivity contribution >= 4 is 32.6 Å². The summed E-state index contributed by atoms with van der Waals surface area (Å²) in [6.45, 7) is 0.345. The van der Waals surface area contributed by atoms with Crippen LogP contribution in [-0.4, -0.2) is 15.0 Å². The lowest BCUT2D eigenvalue weighted by Gasteiger charge is -2.29. The molecule has 4 heteroatoms. The van der Waals surface area contributed by atoms with E-state index in [0.29, 0.717) is 11.4 Å². The van der Waals surface area contributed by atoms with Gasteiger partial charge in [0.1, 0.15) is 0 Å². The number of hydrogen-bond acceptors (Lipinski definition) is 2. The Balaban J connectivity index is 1.98. The summed E-state index contributed by atoms with van der Waals surface area (Å²) in [5, 5.41) is 1.99. The molecule has 3 aromatic carbocycles. The number of fused-ring (bicyclic) bond motifs is 3. The van der Waals surface area contributed by atoms with Gasteiger partial charge in [-0.1, -0.05) is 66.7 Å². The van der Waals surface area contributed by atoms with Crippen LogP contribution in [0.25, 0.3) is 16.8 Å². The predicted molar refractivity (Wildman–Crippen MR) is 94.0 cm³/mol. The van der Waals surface area contributed by atoms with E-state index in [0.717, 1.165) is 22.0 Å². The summed E-state index contributed by atoms with van der Waals surface area (Å²) in [6, 6.07) is 20.5. The van der Waals surface area contributed by atoms with E-state index < -0.39 is 10.0 Å². The van der Waals surface area contributed by atoms with Gasteiger partial charge >= 0.3 is 0 Å². The maximum atomic E-state index is 13.1. The molecule has 3 nitrogen and oxygen atoms in total. The van der Waals surface area contributed by atoms with Crippen molar-refractivity contribution in [3.63, 3.8) is 0 Å². The van der Waals surface area contributed by atoms with E-state index in [2.05, 4.69) is 0 Å². The van der Waals surface area contributed by atoms with E-state index in [1.54, 1.807) is 24.3 Å². The Morgan fingerprint density at radius 2 is 1.57 bits per heavy atom. The summed E-state index contributed by atoms with van der Waals surface area (Å²) in [4.78, 5) is 0.314. The Hall–Kier alpha value is -2.59. The first-order valence-corrected chi connectivity index (χ1v) is 8.88. The molecule has 0 saturated carbocycles. The van der Waals surface area contributed by atoms with Crippen LogP contribution in [0, 0.1) is 0 Å². The van der Waals surface area contributed by atoms with Gasteiger partial charge < -0.3 is 0 Å². The highest BCUT2D eigenvalue weighted by Gasteiger charge is 2.28. The summed E-state index contributed by atoms with van der Waals surface area (Å²) in [6.07, 6.45) is 3.87. The van der Waals surface area contributed by atoms with Crippen molar-refractivity contribution in [1.29, 1.82) is 0 Å². The van der Waals surface area contributed by atoms with Crippen LogP contribution in [0.15, 0.2) is 77.7 Å². The van der Waals surface area contributed by atoms with Crippen LogP contribution in [0.3, 0.4) is 0 Å². The number of benzene rings is 3. The highest BCUT2D eigenvalue weighted by Crippen LogP contribution is 2.37. The van der Waals surface area contributed by atoms with Crippen LogP contribution in [-0.2, 0) is 10.0 Å². The topological polar surface area (TPSA) is 37.4 Å². The fourth-order valence-corrected chi connectivity index (χ4v) is 4.47. The number of anilines is 1. The maximum Gasteiger partial charge on any atom is 0.264 e. The van der Waals surface area contributed by atoms with Crippen molar-refractivity contribution in [2.24, 2.45) is 0 Å². The highest BCUT2D eigenvalue weighted by molar-refractivity contribution is 7.92. The molecular weight excluding hydrogens is 306 g/mol. The van der Waals surface area contributed by atoms with Gasteiger partial charge in [-0.25, -0.2) is 8.42 Å². The molecule has 0 aliphatic carbocycles. The molecule has 0 bridgehead atoms. The molecule has 0 fully saturated rings. The third-order valence-electron chi connectivity index (χ3n) is 4.08. The van der Waals surface area contributed by atoms with Crippen LogP contribution >= 0.6 is 0 Å². The second-order valence-corrected chi connectivity index (χ2v) is 7.34. The SMILES string of the molecule is O=S(=O)(c1ccccc1)N1CC=Cc2ccc3ccccc3c21. The van der Waals surface area contributed by atoms with Crippen LogP contribution in [0.2, 0.25) is 0 Å². The Bertz CT molecular complexity index is 1010. The quantitative estimate of drug-likeness (QED) is 0.714. The van der Waals surface area contributed by atoms with Gasteiger partial charge in [0.25, 0.3) is 10.0 Å². The van der Waals surface area contributed by atoms with Crippen molar-refractivity contribution in [1.82, 2.24) is 0 Å². The average molecular weight is 321 g/mol. The van der Waals surface area contributed by atoms with E-state index in [4.69, 9.17) is 0 Å². The van der Waals surface area contributed by atoms with Gasteiger partial charge in [0, 0.05) is 5.39 Å². The first-order chi connectivity index (χ1) is 11.2. The molecule has 3 aromatic rings. The Morgan fingerprint density at radius 1 is 0.826 bits per heavy atom. The summed E-state index contributed by atoms with van der Waals surface area (Å²) >= 11 is 0. The minimum Gasteiger partial charge on any atom is -0.261 e. The Labute approximate surface area is 135 Å². The molecule has 0 saturated heterocycles. The minimum absolute atomic E-state index is 0.314. The van der Waals surface area contributed by atoms with Crippen molar-refractivity contribution < 1.29 is 8.42 Å². The fraction of sp³-hybridized carbons (Fsp3) is 0.0526. The highest BCUT2D eigenvalue weighted by atomic mass is 32.2. The Morgan fingerprint density at radius 3 is 2.39 bits per heavy atom. The van der Waals surface area contributed by atoms with Crippen LogP contribution < -0.4 is 4.31 Å². The molecule has 4 rings (SSSR count). The number of hydrogen-bond donors (Lipinski definition) is 0. The molecule has 0 aromatic heterocycles. The van der Waals surface area contributed by atoms with Gasteiger partial charge in [0.15, 0.2) is 0 Å². The monoisotopic (exact) mass is 321 g/mol. The van der Waals surface area contributed by atoms with Gasteiger partial charge in [0.2, 0.25) is 0 Å². The molecule has 114 valence electrons. The second-order valence-electron chi connectivity index (χ2n) is 5.48. The summed E-state index contributed by atoms with van der Waals surface area (Å²) in [5.74, 6) is 0. The van der Waals surface area contributed by atoms with Crippen molar-refractivity contribution in [3.05, 3.63) is 78.4 Å². The van der Waals surface area contributed by atoms with E-state index in [-0.39, 0.29) is 0 Å². The number of nitrogens with zero attached hydrogens (tertiary/aromatic N) is 1. The predicted octanol–water partition coefficient (Wildman–Crippen LogP) is 4.06. The third kappa shape index (κ3) is 2.23. The van der Waals surface area contributed by atoms with Gasteiger partial charge in [-0.05, 0) is 23.1 Å². The summed E-state index contributed by atoms with van der Waals surface area (Å²) in [7, 11) is -3.58. The fourth-order valence-electron chi connectivity index (χ4n) is 2.99. The van der Waals surface area contributed by atoms with Crippen LogP contribution in [0.4, 0.5) is 5.69 Å². The molecule has 0 spiro atoms. The van der Waals surface area contributed by atoms with Crippen molar-refractivity contribution in [3.8, 4) is 0 Å². The number of rotatable bonds is 2. The molecule has 1 aliphatic rings. The smallest absolute Gasteiger partial charge is 0.261 e. The summed E-state index contributed by atoms with van der Waals surface area (Å²) < 4.78 is 27.7. The molecule has 0 N–H and O–H groups in total. The molecule has 0 unspecified atom stereocenters. The lowest BCUT2D eigenvalue weighted by atomic mass is 10.0. The molecule has 23 heavy (non-hydrogen) atoms. The lowest BCUT2D eigenvalue weighted by molar-refractivity contribution is 0.593. The molecule has 1 heterocycles. The zero-order chi connectivity index (χ0) is 15.9. The minimum atomic E-state index is -3.58. The molecule has 0 atom stereocenters. The van der Waals surface area contributed by atoms with Gasteiger partial charge in [-0.2, -0.15) is 0 Å². The maximum absolute atomic E-state index is 13.1. The molecule has 1 aliphatic heterocycles. The van der Waals surface area contributed by atoms with Gasteiger partial charge in [-0.15, -0.1) is 0 Å². The lowest BCUT2D eigenvalue weighted by Crippen LogP contribution is -2.33. The van der Waals surface area contributed by atoms with Gasteiger partial charge in [-0.3, -0.25) is 4.31 Å². The zero-order valence-corrected chi connectivity index (χ0v) is 13.2. The number of sulfonamides is 1. The zero-order valence-electron chi connectivity index (χ0n) is 12.4. The first kappa shape index (κ1) is 14.0. The second kappa shape index (κ2) is 5.25. The van der Waals surface area contributed by atoms with Crippen molar-refractivity contribution in [2.45, 2.75) is 4.90 Å². The standard InChI is InChI=1S/C19H15NO2S/c21-23(22,17-9-2-1-3-10-17)20-14-6-8-16-13-12-15-7-4-5-11-18(15)19(16)20/h1-13H,14H2. The summed E-state index contributed by atoms with van der Waals surface area (Å²) in [5.41, 5.74) is 1.68. The average Bonchev–Trinajstić information content (AvgIpc) is 2.61. The van der Waals surface area contributed by atoms with E-state index >= 15 is 0 Å².